The number of ether oxygens (including phenoxy) is 3. The second-order valence-corrected chi connectivity index (χ2v) is 11.0. The van der Waals surface area contributed by atoms with Gasteiger partial charge in [0.05, 0.1) is 0 Å². The van der Waals surface area contributed by atoms with E-state index in [9.17, 15) is 27.6 Å². The van der Waals surface area contributed by atoms with Gasteiger partial charge < -0.3 is 0 Å². The number of hydrogen-bond donors (Lipinski definition) is 0. The monoisotopic (exact) mass is 527 g/mol. The number of amides is 2. The number of benzene rings is 1. The second-order valence-electron chi connectivity index (χ2n) is 8.71. The van der Waals surface area contributed by atoms with Gasteiger partial charge in [-0.3, -0.25) is 0 Å². The van der Waals surface area contributed by atoms with Crippen LogP contribution in [0.1, 0.15) is 47.1 Å². The first kappa shape index (κ1) is 27.8. The fourth-order valence-electron chi connectivity index (χ4n) is 2.27. The molecule has 0 aromatic heterocycles. The number of halogens is 3. The van der Waals surface area contributed by atoms with Crippen molar-refractivity contribution in [2.75, 3.05) is 7.11 Å². The van der Waals surface area contributed by atoms with Crippen LogP contribution in [-0.2, 0) is 25.2 Å². The third kappa shape index (κ3) is 9.08. The number of imide groups is 1. The predicted octanol–water partition coefficient (Wildman–Crippen LogP) is 4.17. The normalized spacial score (nSPS) is 13.2. The van der Waals surface area contributed by atoms with Gasteiger partial charge in [-0.1, -0.05) is 0 Å². The van der Waals surface area contributed by atoms with Gasteiger partial charge in [-0.2, -0.15) is 0 Å². The Bertz CT molecular complexity index is 802. The number of nitrogens with zero attached hydrogens (tertiary/aromatic N) is 1. The molecule has 7 nitrogen and oxygen atoms in total. The topological polar surface area (TPSA) is 82.1 Å². The van der Waals surface area contributed by atoms with Crippen molar-refractivity contribution >= 4 is 37.6 Å². The van der Waals surface area contributed by atoms with E-state index in [2.05, 4.69) is 0 Å². The minimum absolute atomic E-state index is 0.139. The Labute approximate surface area is 191 Å². The SMILES string of the molecule is COC(=O)[C@H](C[Se]c1cccc(C(F)(F)F)c1)N(C(=O)OC(C)(C)C)C(=O)OC(C)(C)C. The number of rotatable bonds is 5. The molecule has 1 aromatic carbocycles. The van der Waals surface area contributed by atoms with Gasteiger partial charge in [-0.25, -0.2) is 0 Å². The molecule has 0 aliphatic carbocycles. The van der Waals surface area contributed by atoms with Gasteiger partial charge in [0.15, 0.2) is 0 Å². The summed E-state index contributed by atoms with van der Waals surface area (Å²) in [6.07, 6.45) is -6.77. The van der Waals surface area contributed by atoms with Crippen LogP contribution in [0.5, 0.6) is 0 Å². The van der Waals surface area contributed by atoms with Crippen molar-refractivity contribution in [3.8, 4) is 0 Å². The first-order valence-corrected chi connectivity index (χ1v) is 11.6. The van der Waals surface area contributed by atoms with Crippen molar-refractivity contribution in [2.45, 2.75) is 70.3 Å². The molecule has 0 radical (unpaired) electrons. The Kier molecular flexibility index (Phi) is 9.17. The molecule has 0 aliphatic heterocycles. The molecule has 0 unspecified atom stereocenters. The fourth-order valence-corrected chi connectivity index (χ4v) is 4.41. The summed E-state index contributed by atoms with van der Waals surface area (Å²) in [6.45, 7) is 9.49. The van der Waals surface area contributed by atoms with Crippen LogP contribution in [0.4, 0.5) is 22.8 Å². The van der Waals surface area contributed by atoms with Crippen LogP contribution >= 0.6 is 0 Å². The van der Waals surface area contributed by atoms with Crippen LogP contribution in [0.3, 0.4) is 0 Å². The summed E-state index contributed by atoms with van der Waals surface area (Å²) >= 11 is -0.720. The Balaban J connectivity index is 3.27. The Morgan fingerprint density at radius 1 is 0.969 bits per heavy atom. The molecular formula is C21H28F3NO6Se. The Morgan fingerprint density at radius 2 is 1.47 bits per heavy atom. The van der Waals surface area contributed by atoms with Gasteiger partial charge in [0.1, 0.15) is 0 Å². The Hall–Kier alpha value is -2.26. The van der Waals surface area contributed by atoms with E-state index in [0.717, 1.165) is 19.2 Å². The molecule has 1 rings (SSSR count). The minimum atomic E-state index is -4.52. The molecule has 32 heavy (non-hydrogen) atoms. The summed E-state index contributed by atoms with van der Waals surface area (Å²) in [5.74, 6) is -0.921. The summed E-state index contributed by atoms with van der Waals surface area (Å²) < 4.78 is 54.6. The number of methoxy groups -OCH3 is 1. The molecule has 0 spiro atoms. The standard InChI is InChI=1S/C21H28F3NO6Se/c1-19(2,3)30-17(27)25(18(28)31-20(4,5)6)15(16(26)29-7)12-32-14-10-8-9-13(11-14)21(22,23)24/h8-11,15H,12H2,1-7H3/t15-/m0/s1. The molecule has 180 valence electrons. The van der Waals surface area contributed by atoms with Crippen molar-refractivity contribution < 1.29 is 41.8 Å². The average molecular weight is 526 g/mol. The van der Waals surface area contributed by atoms with E-state index in [4.69, 9.17) is 14.2 Å². The zero-order valence-corrected chi connectivity index (χ0v) is 20.7. The van der Waals surface area contributed by atoms with Crippen molar-refractivity contribution in [1.29, 1.82) is 0 Å². The van der Waals surface area contributed by atoms with Crippen LogP contribution in [-0.4, -0.2) is 62.4 Å². The molecule has 0 bridgehead atoms. The molecule has 2 amide bonds. The van der Waals surface area contributed by atoms with Crippen LogP contribution in [0, 0.1) is 0 Å². The average Bonchev–Trinajstić information content (AvgIpc) is 2.60. The van der Waals surface area contributed by atoms with E-state index in [1.165, 1.54) is 12.1 Å². The number of hydrogen-bond acceptors (Lipinski definition) is 6. The maximum absolute atomic E-state index is 13.0. The number of carbonyl (C=O) groups excluding carboxylic acids is 3. The van der Waals surface area contributed by atoms with Gasteiger partial charge >= 0.3 is 191 Å². The number of carbonyl (C=O) groups is 3. The summed E-state index contributed by atoms with van der Waals surface area (Å²) in [5.41, 5.74) is -2.79. The first-order chi connectivity index (χ1) is 14.4. The second kappa shape index (κ2) is 10.6. The fraction of sp³-hybridized carbons (Fsp3) is 0.571. The van der Waals surface area contributed by atoms with Crippen molar-refractivity contribution in [3.63, 3.8) is 0 Å². The molecule has 1 aromatic rings. The molecule has 0 heterocycles. The molecule has 0 N–H and O–H groups in total. The van der Waals surface area contributed by atoms with Crippen molar-refractivity contribution in [2.24, 2.45) is 0 Å². The summed E-state index contributed by atoms with van der Waals surface area (Å²) in [4.78, 5) is 38.6. The number of esters is 1. The maximum atomic E-state index is 13.0. The van der Waals surface area contributed by atoms with Gasteiger partial charge in [0.25, 0.3) is 0 Å². The quantitative estimate of drug-likeness (QED) is 0.326. The molecule has 0 saturated heterocycles. The summed E-state index contributed by atoms with van der Waals surface area (Å²) in [7, 11) is 1.08. The van der Waals surface area contributed by atoms with Gasteiger partial charge in [-0.15, -0.1) is 0 Å². The van der Waals surface area contributed by atoms with Crippen LogP contribution in [0.2, 0.25) is 5.32 Å². The summed E-state index contributed by atoms with van der Waals surface area (Å²) in [5, 5.41) is -0.139. The van der Waals surface area contributed by atoms with Crippen LogP contribution < -0.4 is 4.46 Å². The number of alkyl halides is 3. The molecular weight excluding hydrogens is 498 g/mol. The summed E-state index contributed by atoms with van der Waals surface area (Å²) in [6, 6.07) is 3.20. The molecule has 0 fully saturated rings. The van der Waals surface area contributed by atoms with Crippen LogP contribution in [0.15, 0.2) is 24.3 Å². The van der Waals surface area contributed by atoms with Crippen molar-refractivity contribution in [1.82, 2.24) is 4.90 Å². The molecule has 0 aliphatic rings. The van der Waals surface area contributed by atoms with E-state index in [-0.39, 0.29) is 5.32 Å². The first-order valence-electron chi connectivity index (χ1n) is 9.57. The van der Waals surface area contributed by atoms with Gasteiger partial charge in [0, 0.05) is 0 Å². The third-order valence-corrected chi connectivity index (χ3v) is 5.78. The van der Waals surface area contributed by atoms with Crippen molar-refractivity contribution in [3.05, 3.63) is 29.8 Å². The molecule has 0 saturated carbocycles. The zero-order valence-electron chi connectivity index (χ0n) is 19.0. The van der Waals surface area contributed by atoms with E-state index in [0.29, 0.717) is 9.36 Å². The van der Waals surface area contributed by atoms with E-state index in [1.54, 1.807) is 41.5 Å². The van der Waals surface area contributed by atoms with E-state index < -0.39 is 62.1 Å². The third-order valence-electron chi connectivity index (χ3n) is 3.53. The van der Waals surface area contributed by atoms with E-state index >= 15 is 0 Å². The van der Waals surface area contributed by atoms with Crippen LogP contribution in [0.25, 0.3) is 0 Å². The zero-order chi connectivity index (χ0) is 24.9. The van der Waals surface area contributed by atoms with Gasteiger partial charge in [0.2, 0.25) is 0 Å². The predicted molar refractivity (Wildman–Crippen MR) is 112 cm³/mol. The molecule has 11 heteroatoms. The van der Waals surface area contributed by atoms with E-state index in [1.807, 2.05) is 0 Å². The Morgan fingerprint density at radius 3 is 1.88 bits per heavy atom. The molecule has 1 atom stereocenters. The van der Waals surface area contributed by atoms with Gasteiger partial charge in [-0.05, 0) is 0 Å².